The molecule has 2 aliphatic heterocycles. The Morgan fingerprint density at radius 1 is 1.40 bits per heavy atom. The van der Waals surface area contributed by atoms with Crippen LogP contribution in [0.25, 0.3) is 0 Å². The molecule has 0 aromatic heterocycles. The summed E-state index contributed by atoms with van der Waals surface area (Å²) in [5.41, 5.74) is 1.97. The molecule has 20 heavy (non-hydrogen) atoms. The Kier molecular flexibility index (Phi) is 3.47. The van der Waals surface area contributed by atoms with Gasteiger partial charge in [-0.1, -0.05) is 6.08 Å². The fraction of sp³-hybridized carbons (Fsp3) is 0.438. The van der Waals surface area contributed by atoms with Gasteiger partial charge in [-0.05, 0) is 31.0 Å². The van der Waals surface area contributed by atoms with Crippen LogP contribution in [0.2, 0.25) is 0 Å². The van der Waals surface area contributed by atoms with Crippen LogP contribution in [0.5, 0.6) is 0 Å². The third kappa shape index (κ3) is 2.19. The highest BCUT2D eigenvalue weighted by atomic mass is 19.1. The summed E-state index contributed by atoms with van der Waals surface area (Å²) in [4.78, 5) is 16.1. The van der Waals surface area contributed by atoms with Gasteiger partial charge in [-0.15, -0.1) is 6.58 Å². The third-order valence-corrected chi connectivity index (χ3v) is 4.20. The predicted octanol–water partition coefficient (Wildman–Crippen LogP) is 2.89. The Balaban J connectivity index is 1.98. The van der Waals surface area contributed by atoms with Gasteiger partial charge in [0.1, 0.15) is 5.82 Å². The number of halogens is 1. The lowest BCUT2D eigenvalue weighted by Gasteiger charge is -2.39. The number of amides is 1. The Labute approximate surface area is 118 Å². The van der Waals surface area contributed by atoms with Crippen molar-refractivity contribution in [2.45, 2.75) is 25.3 Å². The molecule has 1 aromatic rings. The molecular formula is C16H19FN2O. The second kappa shape index (κ2) is 5.27. The molecule has 1 aromatic carbocycles. The maximum absolute atomic E-state index is 13.6. The zero-order valence-corrected chi connectivity index (χ0v) is 11.5. The summed E-state index contributed by atoms with van der Waals surface area (Å²) in [6.45, 7) is 6.19. The van der Waals surface area contributed by atoms with Crippen LogP contribution in [-0.2, 0) is 4.79 Å². The van der Waals surface area contributed by atoms with Crippen LogP contribution in [0, 0.1) is 5.82 Å². The average molecular weight is 274 g/mol. The Hall–Kier alpha value is -1.84. The van der Waals surface area contributed by atoms with E-state index in [0.717, 1.165) is 43.7 Å². The number of hydrogen-bond acceptors (Lipinski definition) is 2. The lowest BCUT2D eigenvalue weighted by molar-refractivity contribution is -0.130. The molecule has 0 aliphatic carbocycles. The van der Waals surface area contributed by atoms with Crippen LogP contribution in [0.15, 0.2) is 30.9 Å². The van der Waals surface area contributed by atoms with Gasteiger partial charge in [-0.25, -0.2) is 4.39 Å². The molecule has 1 unspecified atom stereocenters. The molecule has 0 spiro atoms. The van der Waals surface area contributed by atoms with Crippen molar-refractivity contribution in [2.24, 2.45) is 0 Å². The van der Waals surface area contributed by atoms with Crippen molar-refractivity contribution < 1.29 is 9.18 Å². The van der Waals surface area contributed by atoms with Crippen molar-refractivity contribution in [3.63, 3.8) is 0 Å². The van der Waals surface area contributed by atoms with E-state index >= 15 is 0 Å². The van der Waals surface area contributed by atoms with Gasteiger partial charge in [0.05, 0.1) is 6.04 Å². The Morgan fingerprint density at radius 2 is 2.25 bits per heavy atom. The number of benzene rings is 1. The SMILES string of the molecule is C=CCN1CCC(N2CCCC2=O)c2cc(F)ccc21. The van der Waals surface area contributed by atoms with E-state index in [4.69, 9.17) is 0 Å². The van der Waals surface area contributed by atoms with E-state index in [1.54, 1.807) is 6.07 Å². The summed E-state index contributed by atoms with van der Waals surface area (Å²) in [5.74, 6) is -0.0387. The molecule has 2 aliphatic rings. The van der Waals surface area contributed by atoms with E-state index in [1.165, 1.54) is 6.07 Å². The largest absolute Gasteiger partial charge is 0.367 e. The number of likely N-dealkylation sites (tertiary alicyclic amines) is 1. The van der Waals surface area contributed by atoms with Crippen LogP contribution in [-0.4, -0.2) is 30.4 Å². The summed E-state index contributed by atoms with van der Waals surface area (Å²) in [6.07, 6.45) is 4.25. The predicted molar refractivity (Wildman–Crippen MR) is 77.1 cm³/mol. The first-order valence-corrected chi connectivity index (χ1v) is 7.15. The Bertz CT molecular complexity index is 543. The van der Waals surface area contributed by atoms with Gasteiger partial charge < -0.3 is 9.80 Å². The summed E-state index contributed by atoms with van der Waals surface area (Å²) < 4.78 is 13.6. The fourth-order valence-electron chi connectivity index (χ4n) is 3.30. The van der Waals surface area contributed by atoms with Crippen LogP contribution < -0.4 is 4.90 Å². The van der Waals surface area contributed by atoms with Gasteiger partial charge in [0.15, 0.2) is 0 Å². The first kappa shape index (κ1) is 13.2. The third-order valence-electron chi connectivity index (χ3n) is 4.20. The van der Waals surface area contributed by atoms with Crippen LogP contribution in [0.1, 0.15) is 30.9 Å². The molecule has 3 nitrogen and oxygen atoms in total. The number of carbonyl (C=O) groups excluding carboxylic acids is 1. The second-order valence-corrected chi connectivity index (χ2v) is 5.43. The molecule has 1 fully saturated rings. The standard InChI is InChI=1S/C16H19FN2O/c1-2-8-18-10-7-15(19-9-3-4-16(19)20)13-11-12(17)5-6-14(13)18/h2,5-6,11,15H,1,3-4,7-10H2. The molecule has 3 rings (SSSR count). The van der Waals surface area contributed by atoms with E-state index in [2.05, 4.69) is 11.5 Å². The van der Waals surface area contributed by atoms with Crippen molar-refractivity contribution in [3.8, 4) is 0 Å². The minimum absolute atomic E-state index is 0.0248. The Morgan fingerprint density at radius 3 is 2.95 bits per heavy atom. The molecule has 0 N–H and O–H groups in total. The smallest absolute Gasteiger partial charge is 0.223 e. The van der Waals surface area contributed by atoms with Crippen LogP contribution in [0.3, 0.4) is 0 Å². The van der Waals surface area contributed by atoms with Crippen LogP contribution >= 0.6 is 0 Å². The van der Waals surface area contributed by atoms with Gasteiger partial charge in [0.25, 0.3) is 0 Å². The topological polar surface area (TPSA) is 23.6 Å². The molecule has 0 radical (unpaired) electrons. The monoisotopic (exact) mass is 274 g/mol. The highest BCUT2D eigenvalue weighted by Gasteiger charge is 2.34. The average Bonchev–Trinajstić information content (AvgIpc) is 2.85. The van der Waals surface area contributed by atoms with Crippen LogP contribution in [0.4, 0.5) is 10.1 Å². The number of nitrogens with zero attached hydrogens (tertiary/aromatic N) is 2. The lowest BCUT2D eigenvalue weighted by atomic mass is 9.95. The van der Waals surface area contributed by atoms with Gasteiger partial charge >= 0.3 is 0 Å². The van der Waals surface area contributed by atoms with Gasteiger partial charge in [-0.2, -0.15) is 0 Å². The molecule has 106 valence electrons. The molecule has 0 bridgehead atoms. The molecule has 1 amide bonds. The summed E-state index contributed by atoms with van der Waals surface area (Å²) in [6, 6.07) is 4.92. The summed E-state index contributed by atoms with van der Waals surface area (Å²) >= 11 is 0. The second-order valence-electron chi connectivity index (χ2n) is 5.43. The van der Waals surface area contributed by atoms with Crippen molar-refractivity contribution in [3.05, 3.63) is 42.2 Å². The van der Waals surface area contributed by atoms with Crippen molar-refractivity contribution in [1.82, 2.24) is 4.90 Å². The molecular weight excluding hydrogens is 255 g/mol. The first-order valence-electron chi connectivity index (χ1n) is 7.15. The zero-order valence-electron chi connectivity index (χ0n) is 11.5. The van der Waals surface area contributed by atoms with E-state index in [0.29, 0.717) is 6.42 Å². The zero-order chi connectivity index (χ0) is 14.1. The highest BCUT2D eigenvalue weighted by Crippen LogP contribution is 2.39. The number of hydrogen-bond donors (Lipinski definition) is 0. The number of carbonyl (C=O) groups is 1. The quantitative estimate of drug-likeness (QED) is 0.791. The van der Waals surface area contributed by atoms with Crippen molar-refractivity contribution >= 4 is 11.6 Å². The maximum Gasteiger partial charge on any atom is 0.223 e. The lowest BCUT2D eigenvalue weighted by Crippen LogP contribution is -2.39. The normalized spacial score (nSPS) is 22.1. The molecule has 0 saturated carbocycles. The highest BCUT2D eigenvalue weighted by molar-refractivity contribution is 5.79. The number of rotatable bonds is 3. The first-order chi connectivity index (χ1) is 9.70. The van der Waals surface area contributed by atoms with E-state index in [9.17, 15) is 9.18 Å². The molecule has 4 heteroatoms. The van der Waals surface area contributed by atoms with E-state index in [-0.39, 0.29) is 17.8 Å². The van der Waals surface area contributed by atoms with Gasteiger partial charge in [-0.3, -0.25) is 4.79 Å². The minimum Gasteiger partial charge on any atom is -0.367 e. The summed E-state index contributed by atoms with van der Waals surface area (Å²) in [7, 11) is 0. The summed E-state index contributed by atoms with van der Waals surface area (Å²) in [5, 5.41) is 0. The molecule has 1 atom stereocenters. The van der Waals surface area contributed by atoms with E-state index in [1.807, 2.05) is 17.0 Å². The fourth-order valence-corrected chi connectivity index (χ4v) is 3.30. The van der Waals surface area contributed by atoms with E-state index < -0.39 is 0 Å². The minimum atomic E-state index is -0.235. The van der Waals surface area contributed by atoms with Gasteiger partial charge in [0, 0.05) is 37.3 Å². The molecule has 1 saturated heterocycles. The van der Waals surface area contributed by atoms with Crippen molar-refractivity contribution in [1.29, 1.82) is 0 Å². The molecule has 2 heterocycles. The van der Waals surface area contributed by atoms with Crippen molar-refractivity contribution in [2.75, 3.05) is 24.5 Å². The number of fused-ring (bicyclic) bond motifs is 1. The number of anilines is 1. The van der Waals surface area contributed by atoms with Gasteiger partial charge in [0.2, 0.25) is 5.91 Å². The maximum atomic E-state index is 13.6.